The second-order valence-electron chi connectivity index (χ2n) is 6.69. The molecule has 0 spiro atoms. The lowest BCUT2D eigenvalue weighted by molar-refractivity contribution is -0.113. The molecule has 0 saturated carbocycles. The van der Waals surface area contributed by atoms with E-state index in [4.69, 9.17) is 32.4 Å². The monoisotopic (exact) mass is 488 g/mol. The molecule has 1 amide bonds. The summed E-state index contributed by atoms with van der Waals surface area (Å²) in [4.78, 5) is 12.4. The number of rotatable bonds is 8. The molecule has 164 valence electrons. The number of aromatic nitrogens is 3. The Morgan fingerprint density at radius 1 is 1.25 bits per heavy atom. The number of nitrogens with zero attached hydrogens (tertiary/aromatic N) is 3. The molecular weight excluding hydrogens is 471 g/mol. The summed E-state index contributed by atoms with van der Waals surface area (Å²) in [7, 11) is 1.59. The first-order valence-electron chi connectivity index (χ1n) is 9.48. The summed E-state index contributed by atoms with van der Waals surface area (Å²) in [6.07, 6.45) is 1.73. The minimum Gasteiger partial charge on any atom is -0.493 e. The summed E-state index contributed by atoms with van der Waals surface area (Å²) < 4.78 is 13.2. The van der Waals surface area contributed by atoms with Crippen LogP contribution in [0.4, 0.5) is 5.69 Å². The fourth-order valence-electron chi connectivity index (χ4n) is 3.13. The van der Waals surface area contributed by atoms with Crippen LogP contribution in [0.25, 0.3) is 22.6 Å². The second kappa shape index (κ2) is 9.68. The Balaban J connectivity index is 1.54. The van der Waals surface area contributed by atoms with Crippen molar-refractivity contribution in [2.24, 2.45) is 0 Å². The van der Waals surface area contributed by atoms with E-state index in [1.807, 2.05) is 28.8 Å². The van der Waals surface area contributed by atoms with E-state index in [1.54, 1.807) is 31.4 Å². The van der Waals surface area contributed by atoms with Crippen molar-refractivity contribution in [2.45, 2.75) is 11.7 Å². The van der Waals surface area contributed by atoms with Crippen molar-refractivity contribution in [1.82, 2.24) is 14.8 Å². The summed E-state index contributed by atoms with van der Waals surface area (Å²) in [5.74, 6) is 1.61. The van der Waals surface area contributed by atoms with Gasteiger partial charge >= 0.3 is 0 Å². The van der Waals surface area contributed by atoms with Crippen LogP contribution in [0.2, 0.25) is 10.0 Å². The first-order chi connectivity index (χ1) is 15.5. The highest BCUT2D eigenvalue weighted by Gasteiger charge is 2.19. The van der Waals surface area contributed by atoms with Crippen LogP contribution in [0.1, 0.15) is 0 Å². The molecule has 0 aliphatic heterocycles. The molecule has 32 heavy (non-hydrogen) atoms. The zero-order valence-corrected chi connectivity index (χ0v) is 19.3. The van der Waals surface area contributed by atoms with E-state index in [9.17, 15) is 4.79 Å². The van der Waals surface area contributed by atoms with Crippen molar-refractivity contribution < 1.29 is 13.9 Å². The highest BCUT2D eigenvalue weighted by molar-refractivity contribution is 7.99. The first-order valence-corrected chi connectivity index (χ1v) is 11.2. The molecule has 0 aliphatic rings. The molecular formula is C22H18Cl2N4O3S. The summed E-state index contributed by atoms with van der Waals surface area (Å²) in [5, 5.41) is 13.6. The molecule has 0 atom stereocenters. The third-order valence-electron chi connectivity index (χ3n) is 4.46. The van der Waals surface area contributed by atoms with Crippen molar-refractivity contribution in [1.29, 1.82) is 0 Å². The SMILES string of the molecule is C=CCn1c(SCC(=O)Nc2cc(Cl)cc(Cl)c2)nnc1-c1cc2cccc(OC)c2o1. The molecule has 0 aliphatic carbocycles. The summed E-state index contributed by atoms with van der Waals surface area (Å²) >= 11 is 13.2. The normalized spacial score (nSPS) is 11.0. The zero-order chi connectivity index (χ0) is 22.7. The first kappa shape index (κ1) is 22.3. The topological polar surface area (TPSA) is 82.2 Å². The number of anilines is 1. The predicted octanol–water partition coefficient (Wildman–Crippen LogP) is 5.92. The van der Waals surface area contributed by atoms with Crippen molar-refractivity contribution in [3.8, 4) is 17.3 Å². The van der Waals surface area contributed by atoms with Crippen LogP contribution >= 0.6 is 35.0 Å². The van der Waals surface area contributed by atoms with Crippen LogP contribution in [0.15, 0.2) is 64.7 Å². The molecule has 2 aromatic heterocycles. The van der Waals surface area contributed by atoms with Gasteiger partial charge in [0.1, 0.15) is 0 Å². The molecule has 0 fully saturated rings. The number of hydrogen-bond donors (Lipinski definition) is 1. The third-order valence-corrected chi connectivity index (χ3v) is 5.86. The third kappa shape index (κ3) is 4.77. The Hall–Kier alpha value is -2.94. The summed E-state index contributed by atoms with van der Waals surface area (Å²) in [6, 6.07) is 12.4. The van der Waals surface area contributed by atoms with Gasteiger partial charge in [0.15, 0.2) is 22.2 Å². The minimum absolute atomic E-state index is 0.118. The van der Waals surface area contributed by atoms with Crippen LogP contribution in [0, 0.1) is 0 Å². The maximum Gasteiger partial charge on any atom is 0.234 e. The highest BCUT2D eigenvalue weighted by atomic mass is 35.5. The Morgan fingerprint density at radius 2 is 2.03 bits per heavy atom. The number of hydrogen-bond acceptors (Lipinski definition) is 6. The number of para-hydroxylation sites is 1. The molecule has 4 aromatic rings. The second-order valence-corrected chi connectivity index (χ2v) is 8.51. The van der Waals surface area contributed by atoms with Gasteiger partial charge < -0.3 is 14.5 Å². The average Bonchev–Trinajstić information content (AvgIpc) is 3.35. The predicted molar refractivity (Wildman–Crippen MR) is 128 cm³/mol. The van der Waals surface area contributed by atoms with E-state index >= 15 is 0 Å². The van der Waals surface area contributed by atoms with Crippen molar-refractivity contribution in [3.63, 3.8) is 0 Å². The molecule has 2 heterocycles. The number of ether oxygens (including phenoxy) is 1. The molecule has 7 nitrogen and oxygen atoms in total. The number of fused-ring (bicyclic) bond motifs is 1. The fraction of sp³-hybridized carbons (Fsp3) is 0.136. The number of carbonyl (C=O) groups is 1. The van der Waals surface area contributed by atoms with E-state index in [0.717, 1.165) is 5.39 Å². The lowest BCUT2D eigenvalue weighted by Crippen LogP contribution is -2.14. The van der Waals surface area contributed by atoms with E-state index in [-0.39, 0.29) is 11.7 Å². The van der Waals surface area contributed by atoms with Gasteiger partial charge in [-0.05, 0) is 30.3 Å². The average molecular weight is 489 g/mol. The van der Waals surface area contributed by atoms with E-state index in [2.05, 4.69) is 22.1 Å². The Bertz CT molecular complexity index is 1280. The van der Waals surface area contributed by atoms with Gasteiger partial charge in [-0.2, -0.15) is 0 Å². The number of furan rings is 1. The quantitative estimate of drug-likeness (QED) is 0.244. The number of thioether (sulfide) groups is 1. The standard InChI is InChI=1S/C22H18Cl2N4O3S/c1-3-7-28-21(18-8-13-5-4-6-17(30-2)20(13)31-18)26-27-22(28)32-12-19(29)25-16-10-14(23)9-15(24)11-16/h3-6,8-11H,1,7,12H2,2H3,(H,25,29). The number of amides is 1. The van der Waals surface area contributed by atoms with Crippen LogP contribution < -0.4 is 10.1 Å². The Morgan fingerprint density at radius 3 is 2.75 bits per heavy atom. The fourth-order valence-corrected chi connectivity index (χ4v) is 4.41. The number of methoxy groups -OCH3 is 1. The molecule has 4 rings (SSSR count). The van der Waals surface area contributed by atoms with Crippen molar-refractivity contribution in [3.05, 3.63) is 65.2 Å². The van der Waals surface area contributed by atoms with Gasteiger partial charge in [0.25, 0.3) is 0 Å². The van der Waals surface area contributed by atoms with Gasteiger partial charge in [-0.3, -0.25) is 9.36 Å². The van der Waals surface area contributed by atoms with Crippen LogP contribution in [0.5, 0.6) is 5.75 Å². The van der Waals surface area contributed by atoms with Gasteiger partial charge in [-0.25, -0.2) is 0 Å². The van der Waals surface area contributed by atoms with Crippen molar-refractivity contribution in [2.75, 3.05) is 18.2 Å². The molecule has 0 bridgehead atoms. The maximum absolute atomic E-state index is 12.4. The van der Waals surface area contributed by atoms with Gasteiger partial charge in [0, 0.05) is 27.7 Å². The molecule has 0 unspecified atom stereocenters. The van der Waals surface area contributed by atoms with Gasteiger partial charge in [0.2, 0.25) is 11.7 Å². The number of allylic oxidation sites excluding steroid dienone is 1. The minimum atomic E-state index is -0.225. The largest absolute Gasteiger partial charge is 0.493 e. The van der Waals surface area contributed by atoms with E-state index in [0.29, 0.717) is 50.4 Å². The zero-order valence-electron chi connectivity index (χ0n) is 17.0. The molecule has 0 radical (unpaired) electrons. The highest BCUT2D eigenvalue weighted by Crippen LogP contribution is 2.34. The van der Waals surface area contributed by atoms with Gasteiger partial charge in [-0.1, -0.05) is 53.2 Å². The van der Waals surface area contributed by atoms with Gasteiger partial charge in [0.05, 0.1) is 12.9 Å². The number of benzene rings is 2. The smallest absolute Gasteiger partial charge is 0.234 e. The van der Waals surface area contributed by atoms with Gasteiger partial charge in [-0.15, -0.1) is 16.8 Å². The summed E-state index contributed by atoms with van der Waals surface area (Å²) in [5.41, 5.74) is 1.16. The van der Waals surface area contributed by atoms with Crippen LogP contribution in [-0.2, 0) is 11.3 Å². The van der Waals surface area contributed by atoms with E-state index in [1.165, 1.54) is 11.8 Å². The maximum atomic E-state index is 12.4. The molecule has 2 aromatic carbocycles. The Labute approximate surface area is 198 Å². The van der Waals surface area contributed by atoms with Crippen LogP contribution in [-0.4, -0.2) is 33.5 Å². The molecule has 1 N–H and O–H groups in total. The van der Waals surface area contributed by atoms with E-state index < -0.39 is 0 Å². The summed E-state index contributed by atoms with van der Waals surface area (Å²) in [6.45, 7) is 4.26. The molecule has 10 heteroatoms. The number of carbonyl (C=O) groups excluding carboxylic acids is 1. The number of nitrogens with one attached hydrogen (secondary N) is 1. The number of halogens is 2. The molecule has 0 saturated heterocycles. The van der Waals surface area contributed by atoms with Crippen molar-refractivity contribution >= 4 is 57.5 Å². The Kier molecular flexibility index (Phi) is 6.74. The lowest BCUT2D eigenvalue weighted by Gasteiger charge is -2.08. The van der Waals surface area contributed by atoms with Crippen LogP contribution in [0.3, 0.4) is 0 Å². The lowest BCUT2D eigenvalue weighted by atomic mass is 10.2.